The van der Waals surface area contributed by atoms with Crippen LogP contribution >= 0.6 is 11.6 Å². The third-order valence-corrected chi connectivity index (χ3v) is 4.87. The largest absolute Gasteiger partial charge is 0.436 e. The van der Waals surface area contributed by atoms with Crippen molar-refractivity contribution in [1.82, 2.24) is 4.98 Å². The molecule has 0 radical (unpaired) electrons. The number of carbonyl (C=O) groups is 1. The zero-order valence-corrected chi connectivity index (χ0v) is 16.3. The Balaban J connectivity index is 1.59. The van der Waals surface area contributed by atoms with Crippen LogP contribution < -0.4 is 5.32 Å². The quantitative estimate of drug-likeness (QED) is 0.392. The van der Waals surface area contributed by atoms with Crippen LogP contribution in [0.4, 0.5) is 18.9 Å². The van der Waals surface area contributed by atoms with Gasteiger partial charge in [-0.25, -0.2) is 4.98 Å². The molecule has 1 N–H and O–H groups in total. The number of aromatic nitrogens is 1. The van der Waals surface area contributed by atoms with Crippen LogP contribution in [0.15, 0.2) is 65.1 Å². The SMILES string of the molecule is Cc1ccc(C(=O)Nc2ccc(-c3nc4ccccc4o3)c(Cl)c2)cc1C(F)(F)F. The molecule has 3 aromatic carbocycles. The number of rotatable bonds is 3. The van der Waals surface area contributed by atoms with E-state index >= 15 is 0 Å². The summed E-state index contributed by atoms with van der Waals surface area (Å²) in [5, 5.41) is 2.84. The summed E-state index contributed by atoms with van der Waals surface area (Å²) in [4.78, 5) is 16.8. The van der Waals surface area contributed by atoms with E-state index in [1.807, 2.05) is 18.2 Å². The topological polar surface area (TPSA) is 55.1 Å². The van der Waals surface area contributed by atoms with Gasteiger partial charge in [0.2, 0.25) is 5.89 Å². The summed E-state index contributed by atoms with van der Waals surface area (Å²) >= 11 is 6.33. The predicted molar refractivity (Wildman–Crippen MR) is 109 cm³/mol. The van der Waals surface area contributed by atoms with Gasteiger partial charge in [0.1, 0.15) is 5.52 Å². The Morgan fingerprint density at radius 1 is 1.07 bits per heavy atom. The van der Waals surface area contributed by atoms with E-state index in [9.17, 15) is 18.0 Å². The Kier molecular flexibility index (Phi) is 4.99. The first-order chi connectivity index (χ1) is 14.2. The predicted octanol–water partition coefficient (Wildman–Crippen LogP) is 6.73. The molecule has 152 valence electrons. The second-order valence-corrected chi connectivity index (χ2v) is 7.07. The number of anilines is 1. The Hall–Kier alpha value is -3.32. The van der Waals surface area contributed by atoms with E-state index in [0.717, 1.165) is 6.07 Å². The van der Waals surface area contributed by atoms with Gasteiger partial charge in [-0.3, -0.25) is 4.79 Å². The standard InChI is InChI=1S/C22H14ClF3N2O2/c1-12-6-7-13(10-16(12)22(24,25)26)20(29)27-14-8-9-15(17(23)11-14)21-28-18-4-2-3-5-19(18)30-21/h2-11H,1H3,(H,27,29). The van der Waals surface area contributed by atoms with Crippen LogP contribution in [0.3, 0.4) is 0 Å². The van der Waals surface area contributed by atoms with Crippen molar-refractivity contribution in [1.29, 1.82) is 0 Å². The minimum absolute atomic E-state index is 0.0461. The van der Waals surface area contributed by atoms with Crippen molar-refractivity contribution >= 4 is 34.3 Å². The molecule has 0 aliphatic carbocycles. The fourth-order valence-corrected chi connectivity index (χ4v) is 3.29. The lowest BCUT2D eigenvalue weighted by molar-refractivity contribution is -0.138. The summed E-state index contributed by atoms with van der Waals surface area (Å²) < 4.78 is 45.0. The van der Waals surface area contributed by atoms with E-state index in [4.69, 9.17) is 16.0 Å². The average molecular weight is 431 g/mol. The Morgan fingerprint density at radius 3 is 2.53 bits per heavy atom. The Bertz CT molecular complexity index is 1230. The molecule has 0 atom stereocenters. The van der Waals surface area contributed by atoms with Gasteiger partial charge in [-0.1, -0.05) is 29.8 Å². The van der Waals surface area contributed by atoms with E-state index in [-0.39, 0.29) is 16.1 Å². The molecule has 0 aliphatic heterocycles. The zero-order chi connectivity index (χ0) is 21.5. The molecule has 4 aromatic rings. The minimum atomic E-state index is -4.54. The molecule has 30 heavy (non-hydrogen) atoms. The van der Waals surface area contributed by atoms with Crippen molar-refractivity contribution in [2.24, 2.45) is 0 Å². The van der Waals surface area contributed by atoms with Gasteiger partial charge in [0, 0.05) is 11.3 Å². The van der Waals surface area contributed by atoms with Gasteiger partial charge >= 0.3 is 6.18 Å². The van der Waals surface area contributed by atoms with Crippen LogP contribution in [0.1, 0.15) is 21.5 Å². The number of para-hydroxylation sites is 2. The summed E-state index contributed by atoms with van der Waals surface area (Å²) in [5.41, 5.74) is 1.25. The fraction of sp³-hybridized carbons (Fsp3) is 0.0909. The summed E-state index contributed by atoms with van der Waals surface area (Å²) in [7, 11) is 0. The summed E-state index contributed by atoms with van der Waals surface area (Å²) in [5.74, 6) is -0.349. The van der Waals surface area contributed by atoms with Crippen molar-refractivity contribution in [2.45, 2.75) is 13.1 Å². The van der Waals surface area contributed by atoms with Crippen molar-refractivity contribution < 1.29 is 22.4 Å². The highest BCUT2D eigenvalue weighted by Gasteiger charge is 2.33. The molecule has 1 aromatic heterocycles. The smallest absolute Gasteiger partial charge is 0.416 e. The van der Waals surface area contributed by atoms with Crippen LogP contribution in [0.25, 0.3) is 22.6 Å². The minimum Gasteiger partial charge on any atom is -0.436 e. The normalized spacial score (nSPS) is 11.6. The molecule has 4 rings (SSSR count). The molecule has 0 spiro atoms. The van der Waals surface area contributed by atoms with Crippen LogP contribution in [-0.2, 0) is 6.18 Å². The van der Waals surface area contributed by atoms with E-state index in [2.05, 4.69) is 10.3 Å². The molecule has 1 amide bonds. The molecular weight excluding hydrogens is 417 g/mol. The number of benzene rings is 3. The summed E-state index contributed by atoms with van der Waals surface area (Å²) in [6.45, 7) is 1.34. The lowest BCUT2D eigenvalue weighted by atomic mass is 10.0. The molecule has 0 fully saturated rings. The van der Waals surface area contributed by atoms with Gasteiger partial charge in [-0.05, 0) is 55.0 Å². The lowest BCUT2D eigenvalue weighted by Gasteiger charge is -2.12. The summed E-state index contributed by atoms with van der Waals surface area (Å²) in [6, 6.07) is 15.4. The first-order valence-corrected chi connectivity index (χ1v) is 9.25. The number of halogens is 4. The van der Waals surface area contributed by atoms with Gasteiger partial charge in [0.25, 0.3) is 5.91 Å². The maximum atomic E-state index is 13.1. The first kappa shape index (κ1) is 20.0. The number of hydrogen-bond acceptors (Lipinski definition) is 3. The molecule has 0 unspecified atom stereocenters. The molecule has 0 saturated carbocycles. The molecule has 4 nitrogen and oxygen atoms in total. The second kappa shape index (κ2) is 7.50. The molecule has 8 heteroatoms. The number of fused-ring (bicyclic) bond motifs is 1. The molecular formula is C22H14ClF3N2O2. The third-order valence-electron chi connectivity index (χ3n) is 4.56. The number of oxazole rings is 1. The van der Waals surface area contributed by atoms with E-state index < -0.39 is 17.6 Å². The highest BCUT2D eigenvalue weighted by atomic mass is 35.5. The number of hydrogen-bond donors (Lipinski definition) is 1. The van der Waals surface area contributed by atoms with Gasteiger partial charge in [0.15, 0.2) is 5.58 Å². The van der Waals surface area contributed by atoms with E-state index in [0.29, 0.717) is 28.2 Å². The highest BCUT2D eigenvalue weighted by molar-refractivity contribution is 6.33. The number of alkyl halides is 3. The second-order valence-electron chi connectivity index (χ2n) is 6.66. The van der Waals surface area contributed by atoms with Crippen molar-refractivity contribution in [3.8, 4) is 11.5 Å². The number of aryl methyl sites for hydroxylation is 1. The number of nitrogens with one attached hydrogen (secondary N) is 1. The molecule has 0 bridgehead atoms. The maximum absolute atomic E-state index is 13.1. The van der Waals surface area contributed by atoms with Crippen LogP contribution in [-0.4, -0.2) is 10.9 Å². The van der Waals surface area contributed by atoms with Gasteiger partial charge in [-0.15, -0.1) is 0 Å². The summed E-state index contributed by atoms with van der Waals surface area (Å²) in [6.07, 6.45) is -4.54. The Labute approximate surface area is 174 Å². The van der Waals surface area contributed by atoms with E-state index in [1.54, 1.807) is 18.2 Å². The molecule has 0 saturated heterocycles. The van der Waals surface area contributed by atoms with E-state index in [1.165, 1.54) is 25.1 Å². The lowest BCUT2D eigenvalue weighted by Crippen LogP contribution is -2.15. The number of carbonyl (C=O) groups excluding carboxylic acids is 1. The zero-order valence-electron chi connectivity index (χ0n) is 15.5. The van der Waals surface area contributed by atoms with Crippen LogP contribution in [0.2, 0.25) is 5.02 Å². The highest BCUT2D eigenvalue weighted by Crippen LogP contribution is 2.34. The monoisotopic (exact) mass is 430 g/mol. The van der Waals surface area contributed by atoms with Crippen molar-refractivity contribution in [3.63, 3.8) is 0 Å². The van der Waals surface area contributed by atoms with Crippen molar-refractivity contribution in [3.05, 3.63) is 82.4 Å². The number of nitrogens with zero attached hydrogens (tertiary/aromatic N) is 1. The van der Waals surface area contributed by atoms with Crippen LogP contribution in [0.5, 0.6) is 0 Å². The average Bonchev–Trinajstić information content (AvgIpc) is 3.11. The van der Waals surface area contributed by atoms with Gasteiger partial charge < -0.3 is 9.73 Å². The molecule has 1 heterocycles. The van der Waals surface area contributed by atoms with Gasteiger partial charge in [0.05, 0.1) is 16.1 Å². The Morgan fingerprint density at radius 2 is 1.83 bits per heavy atom. The molecule has 0 aliphatic rings. The maximum Gasteiger partial charge on any atom is 0.416 e. The fourth-order valence-electron chi connectivity index (χ4n) is 3.03. The third kappa shape index (κ3) is 3.89. The van der Waals surface area contributed by atoms with Crippen LogP contribution in [0, 0.1) is 6.92 Å². The first-order valence-electron chi connectivity index (χ1n) is 8.87. The van der Waals surface area contributed by atoms with Crippen molar-refractivity contribution in [2.75, 3.05) is 5.32 Å². The van der Waals surface area contributed by atoms with Gasteiger partial charge in [-0.2, -0.15) is 13.2 Å². The number of amides is 1.